The molecule has 36 heavy (non-hydrogen) atoms. The van der Waals surface area contributed by atoms with E-state index in [2.05, 4.69) is 5.32 Å². The first kappa shape index (κ1) is 26.7. The number of thioether (sulfide) groups is 1. The van der Waals surface area contributed by atoms with Gasteiger partial charge in [-0.15, -0.1) is 0 Å². The van der Waals surface area contributed by atoms with Gasteiger partial charge in [-0.1, -0.05) is 43.7 Å². The fourth-order valence-electron chi connectivity index (χ4n) is 2.99. The third-order valence-electron chi connectivity index (χ3n) is 4.85. The molecule has 0 saturated carbocycles. The summed E-state index contributed by atoms with van der Waals surface area (Å²) in [7, 11) is 0. The molecule has 2 aromatic rings. The minimum Gasteiger partial charge on any atom is -0.464 e. The second kappa shape index (κ2) is 12.2. The number of nitrogens with one attached hydrogen (secondary N) is 1. The highest BCUT2D eigenvalue weighted by Gasteiger charge is 2.36. The van der Waals surface area contributed by atoms with Crippen molar-refractivity contribution in [2.45, 2.75) is 20.8 Å². The number of esters is 2. The maximum atomic E-state index is 12.6. The Morgan fingerprint density at radius 3 is 2.31 bits per heavy atom. The van der Waals surface area contributed by atoms with Crippen LogP contribution < -0.4 is 5.32 Å². The standard InChI is InChI=1S/C26H26N2O7S/c1-16(2)14-34-23(30)13-28-24(31)21(36-26(28)33)12-18-6-8-19(9-7-18)25(32)35-15-22(29)27-20-10-4-17(3)5-11-20/h4-12,16H,13-15H2,1-3H3,(H,27,29)/b21-12-. The van der Waals surface area contributed by atoms with E-state index in [1.54, 1.807) is 24.3 Å². The lowest BCUT2D eigenvalue weighted by Crippen LogP contribution is -2.34. The molecule has 10 heteroatoms. The number of ether oxygens (including phenoxy) is 2. The van der Waals surface area contributed by atoms with Gasteiger partial charge in [0.2, 0.25) is 0 Å². The van der Waals surface area contributed by atoms with Gasteiger partial charge in [0.25, 0.3) is 17.1 Å². The molecule has 0 radical (unpaired) electrons. The highest BCUT2D eigenvalue weighted by Crippen LogP contribution is 2.32. The number of nitrogens with zero attached hydrogens (tertiary/aromatic N) is 1. The molecule has 0 spiro atoms. The molecule has 1 aliphatic heterocycles. The molecular weight excluding hydrogens is 484 g/mol. The van der Waals surface area contributed by atoms with Crippen LogP contribution in [0.15, 0.2) is 53.4 Å². The van der Waals surface area contributed by atoms with Crippen molar-refractivity contribution in [1.82, 2.24) is 4.90 Å². The summed E-state index contributed by atoms with van der Waals surface area (Å²) in [6.07, 6.45) is 1.49. The van der Waals surface area contributed by atoms with Crippen molar-refractivity contribution < 1.29 is 33.4 Å². The number of benzene rings is 2. The Balaban J connectivity index is 1.53. The maximum absolute atomic E-state index is 12.6. The molecule has 3 rings (SSSR count). The third-order valence-corrected chi connectivity index (χ3v) is 5.76. The van der Waals surface area contributed by atoms with Crippen molar-refractivity contribution in [3.05, 3.63) is 70.1 Å². The van der Waals surface area contributed by atoms with Crippen LogP contribution in [0, 0.1) is 12.8 Å². The summed E-state index contributed by atoms with van der Waals surface area (Å²) in [5.74, 6) is -2.24. The molecule has 1 saturated heterocycles. The molecule has 3 amide bonds. The Morgan fingerprint density at radius 1 is 1.00 bits per heavy atom. The summed E-state index contributed by atoms with van der Waals surface area (Å²) in [6.45, 7) is 5.01. The minimum absolute atomic E-state index is 0.139. The number of rotatable bonds is 9. The molecular formula is C26H26N2O7S. The van der Waals surface area contributed by atoms with Crippen LogP contribution in [0.1, 0.15) is 35.3 Å². The summed E-state index contributed by atoms with van der Waals surface area (Å²) < 4.78 is 10.1. The molecule has 188 valence electrons. The number of hydrogen-bond acceptors (Lipinski definition) is 8. The Bertz CT molecular complexity index is 1190. The van der Waals surface area contributed by atoms with Crippen molar-refractivity contribution in [2.75, 3.05) is 25.1 Å². The van der Waals surface area contributed by atoms with Crippen LogP contribution in [-0.2, 0) is 23.9 Å². The van der Waals surface area contributed by atoms with Crippen molar-refractivity contribution in [1.29, 1.82) is 0 Å². The lowest BCUT2D eigenvalue weighted by Gasteiger charge is -2.12. The van der Waals surface area contributed by atoms with Crippen LogP contribution in [0.5, 0.6) is 0 Å². The summed E-state index contributed by atoms with van der Waals surface area (Å²) in [5.41, 5.74) is 2.44. The van der Waals surface area contributed by atoms with E-state index in [1.165, 1.54) is 18.2 Å². The highest BCUT2D eigenvalue weighted by atomic mass is 32.2. The lowest BCUT2D eigenvalue weighted by atomic mass is 10.1. The number of carbonyl (C=O) groups excluding carboxylic acids is 5. The van der Waals surface area contributed by atoms with Crippen molar-refractivity contribution >= 4 is 52.5 Å². The van der Waals surface area contributed by atoms with Gasteiger partial charge < -0.3 is 14.8 Å². The normalized spacial score (nSPS) is 14.3. The zero-order valence-corrected chi connectivity index (χ0v) is 20.9. The second-order valence-electron chi connectivity index (χ2n) is 8.46. The SMILES string of the molecule is Cc1ccc(NC(=O)COC(=O)c2ccc(/C=C3\SC(=O)N(CC(=O)OCC(C)C)C3=O)cc2)cc1. The summed E-state index contributed by atoms with van der Waals surface area (Å²) >= 11 is 0.721. The van der Waals surface area contributed by atoms with Crippen LogP contribution in [0.4, 0.5) is 10.5 Å². The zero-order chi connectivity index (χ0) is 26.2. The second-order valence-corrected chi connectivity index (χ2v) is 9.45. The van der Waals surface area contributed by atoms with Crippen LogP contribution in [-0.4, -0.2) is 53.7 Å². The van der Waals surface area contributed by atoms with E-state index in [0.717, 1.165) is 22.2 Å². The van der Waals surface area contributed by atoms with Crippen LogP contribution in [0.3, 0.4) is 0 Å². The largest absolute Gasteiger partial charge is 0.464 e. The molecule has 9 nitrogen and oxygen atoms in total. The fourth-order valence-corrected chi connectivity index (χ4v) is 3.82. The van der Waals surface area contributed by atoms with E-state index in [4.69, 9.17) is 9.47 Å². The third kappa shape index (κ3) is 7.54. The molecule has 0 atom stereocenters. The van der Waals surface area contributed by atoms with Gasteiger partial charge in [0, 0.05) is 5.69 Å². The smallest absolute Gasteiger partial charge is 0.338 e. The van der Waals surface area contributed by atoms with Gasteiger partial charge >= 0.3 is 11.9 Å². The van der Waals surface area contributed by atoms with E-state index in [-0.39, 0.29) is 23.0 Å². The lowest BCUT2D eigenvalue weighted by molar-refractivity contribution is -0.147. The molecule has 2 aromatic carbocycles. The fraction of sp³-hybridized carbons (Fsp3) is 0.269. The molecule has 0 aliphatic carbocycles. The Kier molecular flexibility index (Phi) is 9.02. The average molecular weight is 511 g/mol. The van der Waals surface area contributed by atoms with E-state index in [9.17, 15) is 24.0 Å². The number of hydrogen-bond donors (Lipinski definition) is 1. The van der Waals surface area contributed by atoms with Gasteiger partial charge in [0.1, 0.15) is 6.54 Å². The predicted octanol–water partition coefficient (Wildman–Crippen LogP) is 4.03. The molecule has 1 fully saturated rings. The number of aryl methyl sites for hydroxylation is 1. The van der Waals surface area contributed by atoms with Crippen LogP contribution in [0.2, 0.25) is 0 Å². The molecule has 1 aliphatic rings. The van der Waals surface area contributed by atoms with Gasteiger partial charge in [0.15, 0.2) is 6.61 Å². The Hall–Kier alpha value is -3.92. The molecule has 0 unspecified atom stereocenters. The molecule has 0 aromatic heterocycles. The Labute approximate surface area is 212 Å². The first-order valence-corrected chi connectivity index (χ1v) is 12.0. The summed E-state index contributed by atoms with van der Waals surface area (Å²) in [4.78, 5) is 61.9. The number of amides is 3. The van der Waals surface area contributed by atoms with Crippen molar-refractivity contribution in [3.8, 4) is 0 Å². The van der Waals surface area contributed by atoms with Gasteiger partial charge in [-0.05, 0) is 60.5 Å². The number of anilines is 1. The summed E-state index contributed by atoms with van der Waals surface area (Å²) in [5, 5.41) is 2.08. The Morgan fingerprint density at radius 2 is 1.67 bits per heavy atom. The maximum Gasteiger partial charge on any atom is 0.338 e. The topological polar surface area (TPSA) is 119 Å². The van der Waals surface area contributed by atoms with E-state index >= 15 is 0 Å². The first-order valence-electron chi connectivity index (χ1n) is 11.2. The molecule has 0 bridgehead atoms. The van der Waals surface area contributed by atoms with Crippen LogP contribution in [0.25, 0.3) is 6.08 Å². The van der Waals surface area contributed by atoms with Gasteiger partial charge in [-0.2, -0.15) is 0 Å². The van der Waals surface area contributed by atoms with E-state index in [1.807, 2.05) is 32.9 Å². The first-order chi connectivity index (χ1) is 17.1. The predicted molar refractivity (Wildman–Crippen MR) is 135 cm³/mol. The van der Waals surface area contributed by atoms with Gasteiger partial charge in [0.05, 0.1) is 17.1 Å². The molecule has 1 N–H and O–H groups in total. The van der Waals surface area contributed by atoms with Gasteiger partial charge in [-0.25, -0.2) is 4.79 Å². The van der Waals surface area contributed by atoms with Gasteiger partial charge in [-0.3, -0.25) is 24.1 Å². The van der Waals surface area contributed by atoms with Crippen LogP contribution >= 0.6 is 11.8 Å². The van der Waals surface area contributed by atoms with Crippen molar-refractivity contribution in [2.24, 2.45) is 5.92 Å². The van der Waals surface area contributed by atoms with Crippen molar-refractivity contribution in [3.63, 3.8) is 0 Å². The number of imide groups is 1. The monoisotopic (exact) mass is 510 g/mol. The minimum atomic E-state index is -0.680. The van der Waals surface area contributed by atoms with E-state index < -0.39 is 42.1 Å². The zero-order valence-electron chi connectivity index (χ0n) is 20.1. The highest BCUT2D eigenvalue weighted by molar-refractivity contribution is 8.18. The average Bonchev–Trinajstić information content (AvgIpc) is 3.10. The quantitative estimate of drug-likeness (QED) is 0.397. The van der Waals surface area contributed by atoms with E-state index in [0.29, 0.717) is 11.3 Å². The summed E-state index contributed by atoms with van der Waals surface area (Å²) in [6, 6.07) is 13.3. The molecule has 1 heterocycles. The number of carbonyl (C=O) groups is 5.